The second-order valence-electron chi connectivity index (χ2n) is 4.96. The maximum atomic E-state index is 12.0. The number of rotatable bonds is 2. The average molecular weight is 275 g/mol. The minimum atomic E-state index is -0.429. The van der Waals surface area contributed by atoms with Crippen LogP contribution in [0.25, 0.3) is 5.65 Å². The average Bonchev–Trinajstić information content (AvgIpc) is 2.93. The van der Waals surface area contributed by atoms with Gasteiger partial charge in [0.25, 0.3) is 5.91 Å². The van der Waals surface area contributed by atoms with E-state index in [4.69, 9.17) is 4.74 Å². The monoisotopic (exact) mass is 275 g/mol. The van der Waals surface area contributed by atoms with Gasteiger partial charge in [0.05, 0.1) is 19.3 Å². The normalized spacial score (nSPS) is 19.3. The van der Waals surface area contributed by atoms with Crippen molar-refractivity contribution in [2.75, 3.05) is 38.7 Å². The first-order valence-electron chi connectivity index (χ1n) is 6.53. The number of carbonyl (C=O) groups is 1. The quantitative estimate of drug-likeness (QED) is 0.773. The van der Waals surface area contributed by atoms with Crippen molar-refractivity contribution in [3.63, 3.8) is 0 Å². The highest BCUT2D eigenvalue weighted by molar-refractivity contribution is 5.81. The topological polar surface area (TPSA) is 63.0 Å². The van der Waals surface area contributed by atoms with Crippen molar-refractivity contribution >= 4 is 17.4 Å². The zero-order valence-corrected chi connectivity index (χ0v) is 11.6. The molecular weight excluding hydrogens is 258 g/mol. The Morgan fingerprint density at radius 1 is 1.45 bits per heavy atom. The summed E-state index contributed by atoms with van der Waals surface area (Å²) in [5.74, 6) is 0.831. The number of amides is 1. The van der Waals surface area contributed by atoms with Gasteiger partial charge in [-0.25, -0.2) is 9.50 Å². The number of anilines is 1. The van der Waals surface area contributed by atoms with E-state index in [9.17, 15) is 4.79 Å². The fraction of sp³-hybridized carbons (Fsp3) is 0.462. The SMILES string of the molecule is CN(C)C(=O)C1CN(c2ccn3nccc3n2)CCO1. The van der Waals surface area contributed by atoms with E-state index in [1.807, 2.05) is 18.3 Å². The molecule has 3 rings (SSSR count). The molecule has 2 aromatic rings. The van der Waals surface area contributed by atoms with E-state index in [1.165, 1.54) is 0 Å². The van der Waals surface area contributed by atoms with Gasteiger partial charge < -0.3 is 14.5 Å². The summed E-state index contributed by atoms with van der Waals surface area (Å²) in [5.41, 5.74) is 0.796. The molecule has 0 aliphatic carbocycles. The van der Waals surface area contributed by atoms with Crippen LogP contribution in [0.1, 0.15) is 0 Å². The molecule has 0 saturated carbocycles. The highest BCUT2D eigenvalue weighted by Crippen LogP contribution is 2.16. The van der Waals surface area contributed by atoms with Crippen LogP contribution in [0.5, 0.6) is 0 Å². The predicted molar refractivity (Wildman–Crippen MR) is 73.6 cm³/mol. The van der Waals surface area contributed by atoms with Crippen LogP contribution in [0.15, 0.2) is 24.5 Å². The Kier molecular flexibility index (Phi) is 3.27. The summed E-state index contributed by atoms with van der Waals surface area (Å²) in [6.45, 7) is 1.78. The van der Waals surface area contributed by atoms with Gasteiger partial charge in [-0.3, -0.25) is 4.79 Å². The second-order valence-corrected chi connectivity index (χ2v) is 4.96. The fourth-order valence-corrected chi connectivity index (χ4v) is 2.27. The summed E-state index contributed by atoms with van der Waals surface area (Å²) < 4.78 is 7.26. The maximum Gasteiger partial charge on any atom is 0.253 e. The Labute approximate surface area is 116 Å². The second kappa shape index (κ2) is 5.09. The van der Waals surface area contributed by atoms with Crippen LogP contribution in [-0.2, 0) is 9.53 Å². The van der Waals surface area contributed by atoms with Gasteiger partial charge in [-0.15, -0.1) is 0 Å². The number of hydrogen-bond acceptors (Lipinski definition) is 5. The van der Waals surface area contributed by atoms with Gasteiger partial charge in [0, 0.05) is 32.9 Å². The van der Waals surface area contributed by atoms with Crippen LogP contribution in [0.2, 0.25) is 0 Å². The van der Waals surface area contributed by atoms with Gasteiger partial charge >= 0.3 is 0 Å². The third-order valence-corrected chi connectivity index (χ3v) is 3.35. The number of aromatic nitrogens is 3. The van der Waals surface area contributed by atoms with E-state index < -0.39 is 6.10 Å². The van der Waals surface area contributed by atoms with Crippen LogP contribution in [0.4, 0.5) is 5.82 Å². The molecule has 7 heteroatoms. The minimum absolute atomic E-state index is 0.0138. The fourth-order valence-electron chi connectivity index (χ4n) is 2.27. The zero-order valence-electron chi connectivity index (χ0n) is 11.6. The molecule has 1 amide bonds. The molecule has 0 spiro atoms. The van der Waals surface area contributed by atoms with Gasteiger partial charge in [0.15, 0.2) is 11.8 Å². The first-order chi connectivity index (χ1) is 9.65. The lowest BCUT2D eigenvalue weighted by atomic mass is 10.2. The van der Waals surface area contributed by atoms with Crippen molar-refractivity contribution < 1.29 is 9.53 Å². The lowest BCUT2D eigenvalue weighted by Crippen LogP contribution is -2.49. The van der Waals surface area contributed by atoms with Crippen LogP contribution in [0, 0.1) is 0 Å². The first-order valence-corrected chi connectivity index (χ1v) is 6.53. The lowest BCUT2D eigenvalue weighted by molar-refractivity contribution is -0.141. The summed E-state index contributed by atoms with van der Waals surface area (Å²) in [5, 5.41) is 4.12. The Morgan fingerprint density at radius 2 is 2.30 bits per heavy atom. The Morgan fingerprint density at radius 3 is 3.10 bits per heavy atom. The molecule has 0 N–H and O–H groups in total. The van der Waals surface area contributed by atoms with E-state index in [-0.39, 0.29) is 5.91 Å². The molecule has 1 unspecified atom stereocenters. The number of nitrogens with zero attached hydrogens (tertiary/aromatic N) is 5. The maximum absolute atomic E-state index is 12.0. The molecular formula is C13H17N5O2. The lowest BCUT2D eigenvalue weighted by Gasteiger charge is -2.34. The summed E-state index contributed by atoms with van der Waals surface area (Å²) in [4.78, 5) is 20.2. The molecule has 1 atom stereocenters. The van der Waals surface area contributed by atoms with Crippen molar-refractivity contribution in [2.45, 2.75) is 6.10 Å². The van der Waals surface area contributed by atoms with Crippen LogP contribution in [-0.4, -0.2) is 65.3 Å². The minimum Gasteiger partial charge on any atom is -0.365 e. The molecule has 0 aromatic carbocycles. The van der Waals surface area contributed by atoms with Gasteiger partial charge in [0.1, 0.15) is 5.82 Å². The van der Waals surface area contributed by atoms with Gasteiger partial charge in [-0.1, -0.05) is 0 Å². The smallest absolute Gasteiger partial charge is 0.253 e. The van der Waals surface area contributed by atoms with Gasteiger partial charge in [-0.05, 0) is 6.07 Å². The Bertz CT molecular complexity index is 624. The van der Waals surface area contributed by atoms with Gasteiger partial charge in [-0.2, -0.15) is 5.10 Å². The van der Waals surface area contributed by atoms with Gasteiger partial charge in [0.2, 0.25) is 0 Å². The van der Waals surface area contributed by atoms with Crippen LogP contribution >= 0.6 is 0 Å². The summed E-state index contributed by atoms with van der Waals surface area (Å²) in [6, 6.07) is 3.76. The van der Waals surface area contributed by atoms with Crippen LogP contribution < -0.4 is 4.90 Å². The number of hydrogen-bond donors (Lipinski definition) is 0. The third kappa shape index (κ3) is 2.32. The highest BCUT2D eigenvalue weighted by atomic mass is 16.5. The van der Waals surface area contributed by atoms with E-state index in [1.54, 1.807) is 29.7 Å². The van der Waals surface area contributed by atoms with Crippen molar-refractivity contribution in [3.05, 3.63) is 24.5 Å². The zero-order chi connectivity index (χ0) is 14.1. The largest absolute Gasteiger partial charge is 0.365 e. The molecule has 7 nitrogen and oxygen atoms in total. The van der Waals surface area contributed by atoms with E-state index in [0.29, 0.717) is 13.2 Å². The van der Waals surface area contributed by atoms with Crippen molar-refractivity contribution in [2.24, 2.45) is 0 Å². The summed E-state index contributed by atoms with van der Waals surface area (Å²) in [7, 11) is 3.47. The highest BCUT2D eigenvalue weighted by Gasteiger charge is 2.28. The molecule has 20 heavy (non-hydrogen) atoms. The molecule has 3 heterocycles. The molecule has 2 aromatic heterocycles. The first kappa shape index (κ1) is 12.9. The molecule has 1 aliphatic heterocycles. The van der Waals surface area contributed by atoms with E-state index in [2.05, 4.69) is 15.0 Å². The molecule has 0 bridgehead atoms. The molecule has 106 valence electrons. The predicted octanol–water partition coefficient (Wildman–Crippen LogP) is 0.0227. The van der Waals surface area contributed by atoms with Crippen LogP contribution in [0.3, 0.4) is 0 Å². The Balaban J connectivity index is 1.80. The summed E-state index contributed by atoms with van der Waals surface area (Å²) in [6.07, 6.45) is 3.15. The number of carbonyl (C=O) groups excluding carboxylic acids is 1. The van der Waals surface area contributed by atoms with E-state index in [0.717, 1.165) is 18.0 Å². The van der Waals surface area contributed by atoms with E-state index >= 15 is 0 Å². The summed E-state index contributed by atoms with van der Waals surface area (Å²) >= 11 is 0. The standard InChI is InChI=1S/C13H17N5O2/c1-16(2)13(19)10-9-17(7-8-20-10)11-4-6-18-12(15-11)3-5-14-18/h3-6,10H,7-9H2,1-2H3. The molecule has 1 aliphatic rings. The van der Waals surface area contributed by atoms with Crippen molar-refractivity contribution in [1.82, 2.24) is 19.5 Å². The third-order valence-electron chi connectivity index (χ3n) is 3.35. The van der Waals surface area contributed by atoms with Crippen molar-refractivity contribution in [3.8, 4) is 0 Å². The number of morpholine rings is 1. The van der Waals surface area contributed by atoms with Crippen molar-refractivity contribution in [1.29, 1.82) is 0 Å². The molecule has 1 fully saturated rings. The Hall–Kier alpha value is -2.15. The number of ether oxygens (including phenoxy) is 1. The molecule has 0 radical (unpaired) electrons. The number of likely N-dealkylation sites (N-methyl/N-ethyl adjacent to an activating group) is 1. The number of fused-ring (bicyclic) bond motifs is 1. The molecule has 1 saturated heterocycles.